The maximum absolute atomic E-state index is 13.4. The average Bonchev–Trinajstić information content (AvgIpc) is 2.91. The van der Waals surface area contributed by atoms with E-state index < -0.39 is 41.0 Å². The largest absolute Gasteiger partial charge is 0.497 e. The second-order valence-electron chi connectivity index (χ2n) is 9.92. The Hall–Kier alpha value is -2.21. The summed E-state index contributed by atoms with van der Waals surface area (Å²) in [6, 6.07) is 8.39. The third-order valence-corrected chi connectivity index (χ3v) is 7.63. The van der Waals surface area contributed by atoms with Crippen molar-refractivity contribution >= 4 is 30.7 Å². The summed E-state index contributed by atoms with van der Waals surface area (Å²) in [5, 5.41) is 3.35. The maximum Gasteiger partial charge on any atom is 0.416 e. The molecule has 2 saturated heterocycles. The van der Waals surface area contributed by atoms with Crippen LogP contribution in [0.15, 0.2) is 42.5 Å². The van der Waals surface area contributed by atoms with Crippen molar-refractivity contribution in [2.75, 3.05) is 40.3 Å². The molecule has 2 fully saturated rings. The van der Waals surface area contributed by atoms with Crippen molar-refractivity contribution in [2.45, 2.75) is 49.6 Å². The van der Waals surface area contributed by atoms with E-state index in [1.54, 1.807) is 19.2 Å². The minimum atomic E-state index is -5.03. The van der Waals surface area contributed by atoms with Crippen LogP contribution in [0.5, 0.6) is 5.75 Å². The van der Waals surface area contributed by atoms with Gasteiger partial charge in [0.15, 0.2) is 0 Å². The first-order chi connectivity index (χ1) is 17.9. The van der Waals surface area contributed by atoms with Gasteiger partial charge in [-0.1, -0.05) is 12.1 Å². The van der Waals surface area contributed by atoms with Crippen LogP contribution in [0.1, 0.15) is 52.2 Å². The summed E-state index contributed by atoms with van der Waals surface area (Å²) >= 11 is 0. The van der Waals surface area contributed by atoms with Gasteiger partial charge in [-0.05, 0) is 68.2 Å². The molecule has 2 heterocycles. The second kappa shape index (κ2) is 13.6. The zero-order valence-corrected chi connectivity index (χ0v) is 23.7. The van der Waals surface area contributed by atoms with Crippen molar-refractivity contribution < 1.29 is 35.9 Å². The number of piperidine rings is 2. The van der Waals surface area contributed by atoms with Crippen LogP contribution in [0, 0.1) is 0 Å². The Morgan fingerprint density at radius 3 is 1.98 bits per heavy atom. The molecule has 5 nitrogen and oxygen atoms in total. The highest BCUT2D eigenvalue weighted by molar-refractivity contribution is 5.95. The van der Waals surface area contributed by atoms with E-state index >= 15 is 0 Å². The molecular weight excluding hydrogens is 583 g/mol. The molecule has 13 heteroatoms. The topological polar surface area (TPSA) is 44.8 Å². The number of rotatable bonds is 5. The van der Waals surface area contributed by atoms with Gasteiger partial charge < -0.3 is 15.0 Å². The summed E-state index contributed by atoms with van der Waals surface area (Å²) in [4.78, 5) is 17.1. The third-order valence-electron chi connectivity index (χ3n) is 7.63. The smallest absolute Gasteiger partial charge is 0.416 e. The predicted molar refractivity (Wildman–Crippen MR) is 145 cm³/mol. The SMILES string of the molecule is COc1ccc([C@@H]2CN(C3CCNCC3)CC[C@H]2N(C)C(=O)c2cc(C(F)(F)F)cc(C(F)(F)F)c2)cc1.Cl.Cl. The lowest BCUT2D eigenvalue weighted by molar-refractivity contribution is -0.143. The van der Waals surface area contributed by atoms with E-state index in [9.17, 15) is 31.1 Å². The van der Waals surface area contributed by atoms with Gasteiger partial charge in [-0.15, -0.1) is 24.8 Å². The number of methoxy groups -OCH3 is 1. The molecule has 0 aromatic heterocycles. The molecule has 0 aliphatic carbocycles. The number of ether oxygens (including phenoxy) is 1. The Kier molecular flexibility index (Phi) is 11.6. The Morgan fingerprint density at radius 2 is 1.48 bits per heavy atom. The molecule has 0 radical (unpaired) electrons. The van der Waals surface area contributed by atoms with Gasteiger partial charge in [0.1, 0.15) is 5.75 Å². The summed E-state index contributed by atoms with van der Waals surface area (Å²) in [6.07, 6.45) is -7.55. The van der Waals surface area contributed by atoms with Gasteiger partial charge in [-0.2, -0.15) is 26.3 Å². The van der Waals surface area contributed by atoms with E-state index in [0.29, 0.717) is 43.4 Å². The van der Waals surface area contributed by atoms with Crippen molar-refractivity contribution in [2.24, 2.45) is 0 Å². The number of hydrogen-bond acceptors (Lipinski definition) is 4. The van der Waals surface area contributed by atoms with Crippen LogP contribution in [0.25, 0.3) is 0 Å². The third kappa shape index (κ3) is 7.74. The Morgan fingerprint density at radius 1 is 0.925 bits per heavy atom. The van der Waals surface area contributed by atoms with Crippen LogP contribution in [0.2, 0.25) is 0 Å². The van der Waals surface area contributed by atoms with Crippen molar-refractivity contribution in [3.63, 3.8) is 0 Å². The molecule has 40 heavy (non-hydrogen) atoms. The number of carbonyl (C=O) groups is 1. The molecule has 0 unspecified atom stereocenters. The number of carbonyl (C=O) groups excluding carboxylic acids is 1. The van der Waals surface area contributed by atoms with Crippen LogP contribution in [0.4, 0.5) is 26.3 Å². The highest BCUT2D eigenvalue weighted by atomic mass is 35.5. The van der Waals surface area contributed by atoms with Gasteiger partial charge >= 0.3 is 12.4 Å². The minimum Gasteiger partial charge on any atom is -0.497 e. The number of likely N-dealkylation sites (tertiary alicyclic amines) is 1. The molecule has 2 aromatic carbocycles. The van der Waals surface area contributed by atoms with Crippen LogP contribution in [-0.2, 0) is 12.4 Å². The first-order valence-corrected chi connectivity index (χ1v) is 12.5. The zero-order chi connectivity index (χ0) is 27.7. The number of nitrogens with one attached hydrogen (secondary N) is 1. The molecule has 4 rings (SSSR count). The van der Waals surface area contributed by atoms with Gasteiger partial charge in [-0.25, -0.2) is 0 Å². The van der Waals surface area contributed by atoms with Crippen LogP contribution in [-0.4, -0.2) is 68.1 Å². The first-order valence-electron chi connectivity index (χ1n) is 12.5. The van der Waals surface area contributed by atoms with Crippen molar-refractivity contribution in [1.29, 1.82) is 0 Å². The number of halogens is 8. The zero-order valence-electron chi connectivity index (χ0n) is 22.0. The lowest BCUT2D eigenvalue weighted by Crippen LogP contribution is -2.54. The van der Waals surface area contributed by atoms with Crippen molar-refractivity contribution in [3.05, 3.63) is 64.7 Å². The van der Waals surface area contributed by atoms with E-state index in [1.807, 2.05) is 12.1 Å². The Balaban J connectivity index is 0.00000280. The molecule has 2 atom stereocenters. The van der Waals surface area contributed by atoms with Gasteiger partial charge in [0.25, 0.3) is 5.91 Å². The number of alkyl halides is 6. The monoisotopic (exact) mass is 615 g/mol. The molecular formula is C27H33Cl2F6N3O2. The van der Waals surface area contributed by atoms with Crippen molar-refractivity contribution in [3.8, 4) is 5.75 Å². The summed E-state index contributed by atoms with van der Waals surface area (Å²) in [5.41, 5.74) is -2.72. The molecule has 224 valence electrons. The standard InChI is InChI=1S/C27H31F6N3O2.2ClH/c1-35(25(37)18-13-19(26(28,29)30)15-20(14-18)27(31,32)33)24-9-12-36(21-7-10-34-11-8-21)16-23(24)17-3-5-22(38-2)6-4-17;;/h3-6,13-15,21,23-24,34H,7-12,16H2,1-2H3;2*1H/t23-,24+;;/m0../s1. The Labute approximate surface area is 242 Å². The van der Waals surface area contributed by atoms with E-state index in [1.165, 1.54) is 11.9 Å². The predicted octanol–water partition coefficient (Wildman–Crippen LogP) is 6.26. The molecule has 1 amide bonds. The van der Waals surface area contributed by atoms with Crippen LogP contribution >= 0.6 is 24.8 Å². The molecule has 1 N–H and O–H groups in total. The first kappa shape index (κ1) is 34.0. The fraction of sp³-hybridized carbons (Fsp3) is 0.519. The number of benzene rings is 2. The molecule has 2 aromatic rings. The van der Waals surface area contributed by atoms with Gasteiger partial charge in [0.2, 0.25) is 0 Å². The lowest BCUT2D eigenvalue weighted by Gasteiger charge is -2.46. The highest BCUT2D eigenvalue weighted by Gasteiger charge is 2.40. The van der Waals surface area contributed by atoms with Gasteiger partial charge in [-0.3, -0.25) is 9.69 Å². The summed E-state index contributed by atoms with van der Waals surface area (Å²) < 4.78 is 85.7. The molecule has 2 aliphatic heterocycles. The number of amides is 1. The van der Waals surface area contributed by atoms with Gasteiger partial charge in [0.05, 0.1) is 18.2 Å². The van der Waals surface area contributed by atoms with Crippen molar-refractivity contribution in [1.82, 2.24) is 15.1 Å². The second-order valence-corrected chi connectivity index (χ2v) is 9.92. The number of likely N-dealkylation sites (N-methyl/N-ethyl adjacent to an activating group) is 1. The average molecular weight is 616 g/mol. The van der Waals surface area contributed by atoms with E-state index in [0.717, 1.165) is 31.5 Å². The summed E-state index contributed by atoms with van der Waals surface area (Å²) in [7, 11) is 3.01. The summed E-state index contributed by atoms with van der Waals surface area (Å²) in [5.74, 6) is -0.406. The van der Waals surface area contributed by atoms with E-state index in [-0.39, 0.29) is 36.8 Å². The van der Waals surface area contributed by atoms with Gasteiger partial charge in [0, 0.05) is 43.7 Å². The minimum absolute atomic E-state index is 0. The van der Waals surface area contributed by atoms with E-state index in [4.69, 9.17) is 4.74 Å². The molecule has 0 saturated carbocycles. The Bertz CT molecular complexity index is 1090. The van der Waals surface area contributed by atoms with Crippen LogP contribution in [0.3, 0.4) is 0 Å². The van der Waals surface area contributed by atoms with E-state index in [2.05, 4.69) is 10.2 Å². The molecule has 2 aliphatic rings. The quantitative estimate of drug-likeness (QED) is 0.403. The molecule has 0 spiro atoms. The number of hydrogen-bond donors (Lipinski definition) is 1. The van der Waals surface area contributed by atoms with Crippen LogP contribution < -0.4 is 10.1 Å². The highest BCUT2D eigenvalue weighted by Crippen LogP contribution is 2.38. The number of nitrogens with zero attached hydrogens (tertiary/aromatic N) is 2. The summed E-state index contributed by atoms with van der Waals surface area (Å²) in [6.45, 7) is 3.12. The molecule has 0 bridgehead atoms. The lowest BCUT2D eigenvalue weighted by atomic mass is 9.83. The normalized spacial score (nSPS) is 20.7. The maximum atomic E-state index is 13.4. The fourth-order valence-electron chi connectivity index (χ4n) is 5.54. The fourth-order valence-corrected chi connectivity index (χ4v) is 5.54.